The van der Waals surface area contributed by atoms with E-state index in [1.165, 1.54) is 11.1 Å². The molecule has 5 nitrogen and oxygen atoms in total. The molecule has 0 fully saturated rings. The summed E-state index contributed by atoms with van der Waals surface area (Å²) in [5.74, 6) is 1.80. The van der Waals surface area contributed by atoms with E-state index in [9.17, 15) is 0 Å². The Morgan fingerprint density at radius 1 is 0.939 bits per heavy atom. The average molecular weight is 461 g/mol. The molecule has 0 saturated heterocycles. The van der Waals surface area contributed by atoms with Gasteiger partial charge >= 0.3 is 0 Å². The number of anilines is 1. The van der Waals surface area contributed by atoms with Gasteiger partial charge in [0, 0.05) is 53.6 Å². The zero-order chi connectivity index (χ0) is 23.0. The predicted octanol–water partition coefficient (Wildman–Crippen LogP) is 6.41. The largest absolute Gasteiger partial charge is 0.497 e. The number of nitrogens with zero attached hydrogens (tertiary/aromatic N) is 3. The second kappa shape index (κ2) is 11.1. The highest BCUT2D eigenvalue weighted by Gasteiger charge is 2.05. The average Bonchev–Trinajstić information content (AvgIpc) is 2.81. The van der Waals surface area contributed by atoms with Crippen LogP contribution in [0.15, 0.2) is 60.9 Å². The van der Waals surface area contributed by atoms with Gasteiger partial charge < -0.3 is 10.1 Å². The van der Waals surface area contributed by atoms with Crippen molar-refractivity contribution in [1.82, 2.24) is 15.0 Å². The number of rotatable bonds is 10. The number of benzene rings is 2. The van der Waals surface area contributed by atoms with E-state index in [2.05, 4.69) is 34.3 Å². The number of aromatic nitrogens is 3. The van der Waals surface area contributed by atoms with Crippen molar-refractivity contribution >= 4 is 28.2 Å². The van der Waals surface area contributed by atoms with Crippen molar-refractivity contribution in [2.45, 2.75) is 39.0 Å². The minimum atomic E-state index is 0.706. The Balaban J connectivity index is 1.24. The smallest absolute Gasteiger partial charge is 0.128 e. The summed E-state index contributed by atoms with van der Waals surface area (Å²) in [5, 5.41) is 5.33. The maximum absolute atomic E-state index is 6.08. The first-order chi connectivity index (χ1) is 16.1. The maximum Gasteiger partial charge on any atom is 0.128 e. The molecule has 0 aliphatic rings. The summed E-state index contributed by atoms with van der Waals surface area (Å²) >= 11 is 6.08. The number of aryl methyl sites for hydroxylation is 2. The number of hydrogen-bond donors (Lipinski definition) is 1. The highest BCUT2D eigenvalue weighted by molar-refractivity contribution is 6.31. The Labute approximate surface area is 200 Å². The number of hydrogen-bond acceptors (Lipinski definition) is 5. The molecule has 4 rings (SSSR count). The van der Waals surface area contributed by atoms with Crippen molar-refractivity contribution in [2.24, 2.45) is 0 Å². The van der Waals surface area contributed by atoms with Gasteiger partial charge in [-0.2, -0.15) is 0 Å². The molecule has 0 aliphatic heterocycles. The molecule has 2 aromatic carbocycles. The second-order valence-electron chi connectivity index (χ2n) is 8.26. The first-order valence-electron chi connectivity index (χ1n) is 11.3. The Kier molecular flexibility index (Phi) is 7.74. The molecule has 6 heteroatoms. The monoisotopic (exact) mass is 460 g/mol. The van der Waals surface area contributed by atoms with Crippen molar-refractivity contribution in [2.75, 3.05) is 19.0 Å². The van der Waals surface area contributed by atoms with Gasteiger partial charge in [-0.1, -0.05) is 24.1 Å². The molecule has 4 aromatic rings. The van der Waals surface area contributed by atoms with E-state index in [1.54, 1.807) is 7.11 Å². The minimum Gasteiger partial charge on any atom is -0.497 e. The van der Waals surface area contributed by atoms with E-state index in [0.29, 0.717) is 5.02 Å². The first kappa shape index (κ1) is 23.0. The minimum absolute atomic E-state index is 0.706. The first-order valence-corrected chi connectivity index (χ1v) is 11.7. The van der Waals surface area contributed by atoms with Crippen molar-refractivity contribution in [1.29, 1.82) is 0 Å². The van der Waals surface area contributed by atoms with Crippen LogP contribution in [0, 0.1) is 6.92 Å². The molecule has 0 unspecified atom stereocenters. The van der Waals surface area contributed by atoms with E-state index >= 15 is 0 Å². The second-order valence-corrected chi connectivity index (χ2v) is 8.69. The van der Waals surface area contributed by atoms with Gasteiger partial charge in [-0.05, 0) is 73.4 Å². The molecule has 0 spiro atoms. The van der Waals surface area contributed by atoms with E-state index in [0.717, 1.165) is 72.5 Å². The van der Waals surface area contributed by atoms with Crippen molar-refractivity contribution in [3.63, 3.8) is 0 Å². The van der Waals surface area contributed by atoms with Crippen LogP contribution in [-0.2, 0) is 12.8 Å². The van der Waals surface area contributed by atoms with Crippen molar-refractivity contribution in [3.05, 3.63) is 88.6 Å². The summed E-state index contributed by atoms with van der Waals surface area (Å²) in [5.41, 5.74) is 5.44. The molecule has 170 valence electrons. The SMILES string of the molecule is COc1cc(C)cc(Cc2ccnc(CCCCCNc3ccnc4cc(Cl)ccc34)n2)c1. The lowest BCUT2D eigenvalue weighted by Gasteiger charge is -2.10. The molecule has 0 atom stereocenters. The van der Waals surface area contributed by atoms with Crippen LogP contribution in [0.25, 0.3) is 10.9 Å². The summed E-state index contributed by atoms with van der Waals surface area (Å²) in [6, 6.07) is 16.1. The highest BCUT2D eigenvalue weighted by Crippen LogP contribution is 2.24. The van der Waals surface area contributed by atoms with Gasteiger partial charge in [-0.3, -0.25) is 4.98 Å². The normalized spacial score (nSPS) is 11.0. The number of fused-ring (bicyclic) bond motifs is 1. The van der Waals surface area contributed by atoms with Gasteiger partial charge in [0.15, 0.2) is 0 Å². The van der Waals surface area contributed by atoms with Crippen LogP contribution in [0.2, 0.25) is 5.02 Å². The van der Waals surface area contributed by atoms with Crippen molar-refractivity contribution < 1.29 is 4.74 Å². The van der Waals surface area contributed by atoms with Gasteiger partial charge in [0.05, 0.1) is 12.6 Å². The van der Waals surface area contributed by atoms with E-state index in [4.69, 9.17) is 21.3 Å². The number of ether oxygens (including phenoxy) is 1. The predicted molar refractivity (Wildman–Crippen MR) is 135 cm³/mol. The Hall–Kier alpha value is -3.18. The molecule has 0 radical (unpaired) electrons. The van der Waals surface area contributed by atoms with Crippen molar-refractivity contribution in [3.8, 4) is 5.75 Å². The molecule has 2 heterocycles. The summed E-state index contributed by atoms with van der Waals surface area (Å²) in [6.07, 6.45) is 8.62. The molecule has 33 heavy (non-hydrogen) atoms. The van der Waals surface area contributed by atoms with Crippen LogP contribution >= 0.6 is 11.6 Å². The lowest BCUT2D eigenvalue weighted by molar-refractivity contribution is 0.414. The van der Waals surface area contributed by atoms with Crippen LogP contribution in [-0.4, -0.2) is 28.6 Å². The summed E-state index contributed by atoms with van der Waals surface area (Å²) in [6.45, 7) is 3.00. The third kappa shape index (κ3) is 6.42. The van der Waals surface area contributed by atoms with Crippen LogP contribution < -0.4 is 10.1 Å². The lowest BCUT2D eigenvalue weighted by Crippen LogP contribution is -2.03. The Morgan fingerprint density at radius 2 is 1.82 bits per heavy atom. The molecule has 0 aliphatic carbocycles. The number of nitrogens with one attached hydrogen (secondary N) is 1. The molecular formula is C27H29ClN4O. The molecule has 2 aromatic heterocycles. The number of unbranched alkanes of at least 4 members (excludes halogenated alkanes) is 2. The number of halogens is 1. The lowest BCUT2D eigenvalue weighted by atomic mass is 10.1. The third-order valence-electron chi connectivity index (χ3n) is 5.59. The van der Waals surface area contributed by atoms with E-state index in [1.807, 2.05) is 48.8 Å². The van der Waals surface area contributed by atoms with E-state index in [-0.39, 0.29) is 0 Å². The van der Waals surface area contributed by atoms with E-state index < -0.39 is 0 Å². The standard InChI is InChI=1S/C27H29ClN4O/c1-19-14-20(17-23(15-19)33-2)16-22-9-12-31-27(32-22)6-4-3-5-11-29-25-10-13-30-26-18-21(28)7-8-24(25)26/h7-10,12-15,17-18H,3-6,11,16H2,1-2H3,(H,29,30). The quantitative estimate of drug-likeness (QED) is 0.277. The van der Waals surface area contributed by atoms with Gasteiger partial charge in [0.25, 0.3) is 0 Å². The fourth-order valence-corrected chi connectivity index (χ4v) is 4.16. The fraction of sp³-hybridized carbons (Fsp3) is 0.296. The van der Waals surface area contributed by atoms with Crippen LogP contribution in [0.4, 0.5) is 5.69 Å². The third-order valence-corrected chi connectivity index (χ3v) is 5.83. The zero-order valence-electron chi connectivity index (χ0n) is 19.1. The number of methoxy groups -OCH3 is 1. The van der Waals surface area contributed by atoms with Gasteiger partial charge in [-0.15, -0.1) is 0 Å². The fourth-order valence-electron chi connectivity index (χ4n) is 4.00. The highest BCUT2D eigenvalue weighted by atomic mass is 35.5. The van der Waals surface area contributed by atoms with Gasteiger partial charge in [0.1, 0.15) is 11.6 Å². The Bertz CT molecular complexity index is 1230. The molecule has 0 amide bonds. The van der Waals surface area contributed by atoms with Gasteiger partial charge in [-0.25, -0.2) is 9.97 Å². The zero-order valence-corrected chi connectivity index (χ0v) is 19.9. The summed E-state index contributed by atoms with van der Waals surface area (Å²) in [4.78, 5) is 13.6. The Morgan fingerprint density at radius 3 is 2.70 bits per heavy atom. The molecule has 1 N–H and O–H groups in total. The summed E-state index contributed by atoms with van der Waals surface area (Å²) in [7, 11) is 1.70. The molecule has 0 bridgehead atoms. The van der Waals surface area contributed by atoms with Crippen LogP contribution in [0.5, 0.6) is 5.75 Å². The van der Waals surface area contributed by atoms with Crippen LogP contribution in [0.1, 0.15) is 41.9 Å². The summed E-state index contributed by atoms with van der Waals surface area (Å²) < 4.78 is 5.39. The molecule has 0 saturated carbocycles. The number of pyridine rings is 1. The molecular weight excluding hydrogens is 432 g/mol. The topological polar surface area (TPSA) is 59.9 Å². The van der Waals surface area contributed by atoms with Crippen LogP contribution in [0.3, 0.4) is 0 Å². The van der Waals surface area contributed by atoms with Gasteiger partial charge in [0.2, 0.25) is 0 Å². The maximum atomic E-state index is 6.08.